The summed E-state index contributed by atoms with van der Waals surface area (Å²) < 4.78 is 34.0. The molecule has 0 saturated heterocycles. The molecular weight excluding hydrogens is 759 g/mol. The lowest BCUT2D eigenvalue weighted by Crippen LogP contribution is -2.63. The molecule has 4 atom stereocenters. The molecule has 2 heterocycles. The molecule has 4 N–H and O–H groups in total. The topological polar surface area (TPSA) is 166 Å². The number of halogens is 2. The Balaban J connectivity index is 1.60. The van der Waals surface area contributed by atoms with Crippen molar-refractivity contribution in [2.75, 3.05) is 14.1 Å². The largest absolute Gasteiger partial charge is 0.345 e. The van der Waals surface area contributed by atoms with Gasteiger partial charge in [-0.1, -0.05) is 100 Å². The second-order valence-electron chi connectivity index (χ2n) is 15.2. The average molecular weight is 813 g/mol. The first-order valence-electron chi connectivity index (χ1n) is 19.5. The third-order valence-electron chi connectivity index (χ3n) is 9.68. The number of benzene rings is 2. The number of pyridine rings is 2. The van der Waals surface area contributed by atoms with Crippen LogP contribution in [0.2, 0.25) is 0 Å². The molecule has 0 aliphatic heterocycles. The lowest BCUT2D eigenvalue weighted by atomic mass is 9.90. The van der Waals surface area contributed by atoms with Gasteiger partial charge in [0.1, 0.15) is 18.1 Å². The number of urea groups is 2. The molecule has 0 aliphatic rings. The molecule has 4 aromatic rings. The van der Waals surface area contributed by atoms with E-state index in [1.165, 1.54) is 23.9 Å². The molecule has 6 amide bonds. The Labute approximate surface area is 344 Å². The van der Waals surface area contributed by atoms with Gasteiger partial charge in [-0.05, 0) is 60.1 Å². The number of Topliss-reactive ketones (excluding diaryl/α,β-unsaturated/α-hetero) is 1. The van der Waals surface area contributed by atoms with Crippen molar-refractivity contribution in [1.82, 2.24) is 41.0 Å². The number of alkyl halides is 2. The van der Waals surface area contributed by atoms with E-state index in [0.717, 1.165) is 0 Å². The van der Waals surface area contributed by atoms with Crippen LogP contribution in [0.15, 0.2) is 109 Å². The molecule has 0 bridgehead atoms. The van der Waals surface area contributed by atoms with E-state index in [1.54, 1.807) is 137 Å². The molecule has 2 aromatic carbocycles. The summed E-state index contributed by atoms with van der Waals surface area (Å²) >= 11 is 0. The van der Waals surface area contributed by atoms with E-state index in [2.05, 4.69) is 31.2 Å². The first-order valence-corrected chi connectivity index (χ1v) is 19.5. The maximum Gasteiger partial charge on any atom is 0.327 e. The lowest BCUT2D eigenvalue weighted by molar-refractivity contribution is -0.153. The predicted octanol–water partition coefficient (Wildman–Crippen LogP) is 5.17. The summed E-state index contributed by atoms with van der Waals surface area (Å²) in [6.45, 7) is 6.93. The fourth-order valence-electron chi connectivity index (χ4n) is 6.28. The Morgan fingerprint density at radius 1 is 0.576 bits per heavy atom. The van der Waals surface area contributed by atoms with Gasteiger partial charge in [-0.3, -0.25) is 24.4 Å². The fraction of sp³-hybridized carbons (Fsp3) is 0.386. The molecule has 59 heavy (non-hydrogen) atoms. The number of nitrogens with zero attached hydrogens (tertiary/aromatic N) is 4. The third kappa shape index (κ3) is 13.4. The molecule has 2 aromatic heterocycles. The second kappa shape index (κ2) is 21.5. The van der Waals surface area contributed by atoms with Crippen LogP contribution in [-0.2, 0) is 40.3 Å². The van der Waals surface area contributed by atoms with E-state index in [9.17, 15) is 24.0 Å². The number of amides is 6. The first-order chi connectivity index (χ1) is 28.1. The highest BCUT2D eigenvalue weighted by Gasteiger charge is 2.51. The average Bonchev–Trinajstić information content (AvgIpc) is 3.22. The minimum absolute atomic E-state index is 0.125. The molecule has 0 saturated carbocycles. The summed E-state index contributed by atoms with van der Waals surface area (Å²) in [5.74, 6) is -8.71. The Hall–Kier alpha value is -6.25. The van der Waals surface area contributed by atoms with E-state index >= 15 is 8.78 Å². The van der Waals surface area contributed by atoms with Gasteiger partial charge in [-0.2, -0.15) is 8.78 Å². The van der Waals surface area contributed by atoms with Crippen molar-refractivity contribution in [2.24, 2.45) is 11.8 Å². The summed E-state index contributed by atoms with van der Waals surface area (Å²) in [6.07, 6.45) is 2.41. The summed E-state index contributed by atoms with van der Waals surface area (Å²) in [7, 11) is 3.04. The molecule has 1 unspecified atom stereocenters. The fourth-order valence-corrected chi connectivity index (χ4v) is 6.28. The molecule has 0 fully saturated rings. The van der Waals surface area contributed by atoms with E-state index in [4.69, 9.17) is 0 Å². The predicted molar refractivity (Wildman–Crippen MR) is 220 cm³/mol. The van der Waals surface area contributed by atoms with Gasteiger partial charge in [0.15, 0.2) is 0 Å². The van der Waals surface area contributed by atoms with Crippen molar-refractivity contribution in [1.29, 1.82) is 0 Å². The SMILES string of the molecule is CC(C)[C@H](NC(=O)N(C)Cc1ccccn1)C(=O)NC(Cc1ccccc1)C(F)(F)C(=O)[C@H](Cc1ccccc1)NC(=O)[C@@H](NC(=O)N(C)Cc1ccccn1)C(C)C. The molecule has 4 rings (SSSR count). The van der Waals surface area contributed by atoms with E-state index < -0.39 is 78.0 Å². The number of ketones is 1. The van der Waals surface area contributed by atoms with Gasteiger partial charge < -0.3 is 31.1 Å². The molecule has 0 radical (unpaired) electrons. The van der Waals surface area contributed by atoms with E-state index in [1.807, 2.05) is 0 Å². The minimum atomic E-state index is -4.25. The number of rotatable bonds is 19. The summed E-state index contributed by atoms with van der Waals surface area (Å²) in [5, 5.41) is 10.2. The number of carbonyl (C=O) groups excluding carboxylic acids is 5. The van der Waals surface area contributed by atoms with Gasteiger partial charge in [0.25, 0.3) is 0 Å². The Bertz CT molecular complexity index is 1970. The van der Waals surface area contributed by atoms with Crippen molar-refractivity contribution in [2.45, 2.75) is 83.7 Å². The smallest absolute Gasteiger partial charge is 0.327 e. The Morgan fingerprint density at radius 2 is 0.983 bits per heavy atom. The quantitative estimate of drug-likeness (QED) is 0.102. The van der Waals surface area contributed by atoms with Crippen LogP contribution < -0.4 is 21.3 Å². The highest BCUT2D eigenvalue weighted by Crippen LogP contribution is 2.27. The summed E-state index contributed by atoms with van der Waals surface area (Å²) in [5.41, 5.74) is 2.11. The zero-order valence-electron chi connectivity index (χ0n) is 34.3. The van der Waals surface area contributed by atoms with Crippen LogP contribution in [0, 0.1) is 11.8 Å². The highest BCUT2D eigenvalue weighted by atomic mass is 19.3. The third-order valence-corrected chi connectivity index (χ3v) is 9.68. The van der Waals surface area contributed by atoms with Crippen molar-refractivity contribution in [3.63, 3.8) is 0 Å². The maximum atomic E-state index is 17.0. The molecule has 15 heteroatoms. The van der Waals surface area contributed by atoms with Crippen LogP contribution in [-0.4, -0.2) is 93.6 Å². The number of hydrogen-bond acceptors (Lipinski definition) is 7. The van der Waals surface area contributed by atoms with Crippen molar-refractivity contribution in [3.05, 3.63) is 132 Å². The first kappa shape index (κ1) is 45.5. The number of hydrogen-bond donors (Lipinski definition) is 4. The van der Waals surface area contributed by atoms with Gasteiger partial charge in [-0.25, -0.2) is 9.59 Å². The molecule has 0 spiro atoms. The lowest BCUT2D eigenvalue weighted by Gasteiger charge is -2.33. The Kier molecular flexibility index (Phi) is 16.6. The zero-order chi connectivity index (χ0) is 43.1. The molecular formula is C44H54F2N8O5. The molecule has 0 aliphatic carbocycles. The molecule has 314 valence electrons. The van der Waals surface area contributed by atoms with Crippen LogP contribution in [0.3, 0.4) is 0 Å². The number of carbonyl (C=O) groups is 5. The number of nitrogens with one attached hydrogen (secondary N) is 4. The summed E-state index contributed by atoms with van der Waals surface area (Å²) in [6, 6.07) is 19.5. The van der Waals surface area contributed by atoms with Crippen molar-refractivity contribution in [3.8, 4) is 0 Å². The van der Waals surface area contributed by atoms with E-state index in [0.29, 0.717) is 22.5 Å². The van der Waals surface area contributed by atoms with E-state index in [-0.39, 0.29) is 19.5 Å². The van der Waals surface area contributed by atoms with Crippen LogP contribution in [0.5, 0.6) is 0 Å². The maximum absolute atomic E-state index is 17.0. The Morgan fingerprint density at radius 3 is 1.39 bits per heavy atom. The van der Waals surface area contributed by atoms with Crippen molar-refractivity contribution < 1.29 is 32.8 Å². The van der Waals surface area contributed by atoms with Crippen LogP contribution in [0.25, 0.3) is 0 Å². The van der Waals surface area contributed by atoms with Gasteiger partial charge in [-0.15, -0.1) is 0 Å². The van der Waals surface area contributed by atoms with Gasteiger partial charge in [0.2, 0.25) is 17.6 Å². The normalized spacial score (nSPS) is 13.4. The monoisotopic (exact) mass is 812 g/mol. The molecule has 13 nitrogen and oxygen atoms in total. The van der Waals surface area contributed by atoms with Gasteiger partial charge in [0, 0.05) is 26.5 Å². The number of aromatic nitrogens is 2. The van der Waals surface area contributed by atoms with Crippen LogP contribution >= 0.6 is 0 Å². The van der Waals surface area contributed by atoms with Crippen LogP contribution in [0.4, 0.5) is 18.4 Å². The minimum Gasteiger partial charge on any atom is -0.345 e. The highest BCUT2D eigenvalue weighted by molar-refractivity contribution is 5.97. The van der Waals surface area contributed by atoms with Gasteiger partial charge >= 0.3 is 18.0 Å². The summed E-state index contributed by atoms with van der Waals surface area (Å²) in [4.78, 5) is 79.7. The van der Waals surface area contributed by atoms with Crippen LogP contribution in [0.1, 0.15) is 50.2 Å². The zero-order valence-corrected chi connectivity index (χ0v) is 34.3. The second-order valence-corrected chi connectivity index (χ2v) is 15.2. The standard InChI is InChI=1S/C44H54F2N8O5/c1-29(2)37(51-42(58)53(5)27-33-21-13-15-23-47-33)40(56)49-35(25-31-17-9-7-10-18-31)39(55)44(45,46)36(26-32-19-11-8-12-20-32)50-41(57)38(30(3)4)52-43(59)54(6)28-34-22-14-16-24-48-34/h7-24,29-30,35-38H,25-28H2,1-6H3,(H,49,56)(H,50,57)(H,51,58)(H,52,59)/t35-,36?,37-,38-/m0/s1. The van der Waals surface area contributed by atoms with Crippen molar-refractivity contribution >= 4 is 29.7 Å². The van der Waals surface area contributed by atoms with Gasteiger partial charge in [0.05, 0.1) is 30.5 Å².